The van der Waals surface area contributed by atoms with Gasteiger partial charge in [0, 0.05) is 46.1 Å². The fourth-order valence-electron chi connectivity index (χ4n) is 2.11. The van der Waals surface area contributed by atoms with Gasteiger partial charge < -0.3 is 15.1 Å². The average molecular weight is 295 g/mol. The minimum Gasteiger partial charge on any atom is -0.354 e. The van der Waals surface area contributed by atoms with Crippen molar-refractivity contribution in [2.45, 2.75) is 13.3 Å². The molecule has 8 heteroatoms. The van der Waals surface area contributed by atoms with Crippen molar-refractivity contribution in [3.8, 4) is 0 Å². The zero-order chi connectivity index (χ0) is 15.2. The molecule has 2 rings (SSSR count). The van der Waals surface area contributed by atoms with Gasteiger partial charge in [-0.25, -0.2) is 14.4 Å². The number of nitrogens with one attached hydrogen (secondary N) is 1. The van der Waals surface area contributed by atoms with Gasteiger partial charge in [0.1, 0.15) is 0 Å². The molecule has 1 fully saturated rings. The molecule has 0 radical (unpaired) electrons. The molecule has 21 heavy (non-hydrogen) atoms. The SMILES string of the molecule is CC(=O)N1CCN(C(=O)CCNc2ncc(F)cn2)CC1. The highest BCUT2D eigenvalue weighted by molar-refractivity contribution is 5.77. The number of nitrogens with zero attached hydrogens (tertiary/aromatic N) is 4. The molecule has 0 saturated carbocycles. The number of rotatable bonds is 4. The number of hydrogen-bond donors (Lipinski definition) is 1. The Morgan fingerprint density at radius 2 is 1.76 bits per heavy atom. The zero-order valence-electron chi connectivity index (χ0n) is 11.9. The molecule has 1 saturated heterocycles. The Hall–Kier alpha value is -2.25. The van der Waals surface area contributed by atoms with Gasteiger partial charge in [-0.1, -0.05) is 0 Å². The highest BCUT2D eigenvalue weighted by Crippen LogP contribution is 2.05. The third-order valence-electron chi connectivity index (χ3n) is 3.32. The summed E-state index contributed by atoms with van der Waals surface area (Å²) in [5.74, 6) is -0.143. The van der Waals surface area contributed by atoms with E-state index in [2.05, 4.69) is 15.3 Å². The maximum atomic E-state index is 12.6. The summed E-state index contributed by atoms with van der Waals surface area (Å²) in [4.78, 5) is 34.2. The van der Waals surface area contributed by atoms with E-state index in [9.17, 15) is 14.0 Å². The van der Waals surface area contributed by atoms with Crippen LogP contribution in [0.3, 0.4) is 0 Å². The van der Waals surface area contributed by atoms with Gasteiger partial charge in [-0.2, -0.15) is 0 Å². The lowest BCUT2D eigenvalue weighted by Crippen LogP contribution is -2.50. The summed E-state index contributed by atoms with van der Waals surface area (Å²) in [5.41, 5.74) is 0. The minimum atomic E-state index is -0.500. The second-order valence-electron chi connectivity index (χ2n) is 4.79. The van der Waals surface area contributed by atoms with Crippen LogP contribution in [0.1, 0.15) is 13.3 Å². The highest BCUT2D eigenvalue weighted by Gasteiger charge is 2.21. The van der Waals surface area contributed by atoms with Crippen LogP contribution in [-0.2, 0) is 9.59 Å². The van der Waals surface area contributed by atoms with E-state index in [-0.39, 0.29) is 11.8 Å². The number of halogens is 1. The third-order valence-corrected chi connectivity index (χ3v) is 3.32. The second-order valence-corrected chi connectivity index (χ2v) is 4.79. The van der Waals surface area contributed by atoms with Crippen molar-refractivity contribution in [1.82, 2.24) is 19.8 Å². The van der Waals surface area contributed by atoms with E-state index >= 15 is 0 Å². The number of anilines is 1. The quantitative estimate of drug-likeness (QED) is 0.853. The van der Waals surface area contributed by atoms with E-state index in [0.29, 0.717) is 45.1 Å². The van der Waals surface area contributed by atoms with E-state index < -0.39 is 5.82 Å². The first-order valence-electron chi connectivity index (χ1n) is 6.81. The molecule has 2 amide bonds. The summed E-state index contributed by atoms with van der Waals surface area (Å²) >= 11 is 0. The summed E-state index contributed by atoms with van der Waals surface area (Å²) in [6, 6.07) is 0. The Balaban J connectivity index is 1.70. The van der Waals surface area contributed by atoms with Crippen LogP contribution in [0.2, 0.25) is 0 Å². The van der Waals surface area contributed by atoms with Crippen LogP contribution in [0.25, 0.3) is 0 Å². The first-order valence-corrected chi connectivity index (χ1v) is 6.81. The highest BCUT2D eigenvalue weighted by atomic mass is 19.1. The molecule has 1 aromatic rings. The standard InChI is InChI=1S/C13H18FN5O2/c1-10(20)18-4-6-19(7-5-18)12(21)2-3-15-13-16-8-11(14)9-17-13/h8-9H,2-7H2,1H3,(H,15,16,17). The molecule has 0 bridgehead atoms. The van der Waals surface area contributed by atoms with Crippen molar-refractivity contribution in [3.05, 3.63) is 18.2 Å². The van der Waals surface area contributed by atoms with Crippen LogP contribution >= 0.6 is 0 Å². The summed E-state index contributed by atoms with van der Waals surface area (Å²) in [7, 11) is 0. The largest absolute Gasteiger partial charge is 0.354 e. The van der Waals surface area contributed by atoms with Gasteiger partial charge >= 0.3 is 0 Å². The normalized spacial score (nSPS) is 15.0. The van der Waals surface area contributed by atoms with E-state index in [1.54, 1.807) is 9.80 Å². The molecule has 0 unspecified atom stereocenters. The number of aromatic nitrogens is 2. The minimum absolute atomic E-state index is 0.0211. The maximum absolute atomic E-state index is 12.6. The Morgan fingerprint density at radius 3 is 2.33 bits per heavy atom. The first-order chi connectivity index (χ1) is 10.1. The summed E-state index contributed by atoms with van der Waals surface area (Å²) in [6.07, 6.45) is 2.44. The molecule has 0 atom stereocenters. The van der Waals surface area contributed by atoms with Gasteiger partial charge in [0.15, 0.2) is 5.82 Å². The molecular weight excluding hydrogens is 277 g/mol. The lowest BCUT2D eigenvalue weighted by Gasteiger charge is -2.34. The van der Waals surface area contributed by atoms with E-state index in [1.165, 1.54) is 6.92 Å². The summed E-state index contributed by atoms with van der Waals surface area (Å²) < 4.78 is 12.6. The monoisotopic (exact) mass is 295 g/mol. The third kappa shape index (κ3) is 4.37. The van der Waals surface area contributed by atoms with Crippen molar-refractivity contribution in [2.75, 3.05) is 38.0 Å². The van der Waals surface area contributed by atoms with Crippen LogP contribution < -0.4 is 5.32 Å². The van der Waals surface area contributed by atoms with Crippen molar-refractivity contribution >= 4 is 17.8 Å². The molecule has 0 aromatic carbocycles. The second kappa shape index (κ2) is 6.96. The van der Waals surface area contributed by atoms with E-state index in [1.807, 2.05) is 0 Å². The van der Waals surface area contributed by atoms with Crippen LogP contribution in [0.5, 0.6) is 0 Å². The number of carbonyl (C=O) groups is 2. The fourth-order valence-corrected chi connectivity index (χ4v) is 2.11. The van der Waals surface area contributed by atoms with E-state index in [0.717, 1.165) is 12.4 Å². The Labute approximate surface area is 122 Å². The topological polar surface area (TPSA) is 78.4 Å². The van der Waals surface area contributed by atoms with E-state index in [4.69, 9.17) is 0 Å². The average Bonchev–Trinajstić information content (AvgIpc) is 2.49. The molecule has 0 spiro atoms. The van der Waals surface area contributed by atoms with Crippen molar-refractivity contribution in [1.29, 1.82) is 0 Å². The van der Waals surface area contributed by atoms with Crippen LogP contribution in [0, 0.1) is 5.82 Å². The van der Waals surface area contributed by atoms with Crippen molar-refractivity contribution in [3.63, 3.8) is 0 Å². The van der Waals surface area contributed by atoms with Gasteiger partial charge in [0.2, 0.25) is 17.8 Å². The van der Waals surface area contributed by atoms with Crippen LogP contribution in [-0.4, -0.2) is 64.3 Å². The van der Waals surface area contributed by atoms with Gasteiger partial charge in [0.05, 0.1) is 12.4 Å². The lowest BCUT2D eigenvalue weighted by molar-refractivity contribution is -0.138. The molecular formula is C13H18FN5O2. The molecule has 1 aliphatic rings. The first kappa shape index (κ1) is 15.1. The molecule has 1 aromatic heterocycles. The van der Waals surface area contributed by atoms with Gasteiger partial charge in [-0.3, -0.25) is 9.59 Å². The Morgan fingerprint density at radius 1 is 1.19 bits per heavy atom. The molecule has 1 aliphatic heterocycles. The molecule has 1 N–H and O–H groups in total. The summed E-state index contributed by atoms with van der Waals surface area (Å²) in [6.45, 7) is 4.20. The predicted octanol–water partition coefficient (Wildman–Crippen LogP) is 0.108. The van der Waals surface area contributed by atoms with Gasteiger partial charge in [0.25, 0.3) is 0 Å². The smallest absolute Gasteiger partial charge is 0.224 e. The Bertz CT molecular complexity index is 500. The van der Waals surface area contributed by atoms with Crippen molar-refractivity contribution in [2.24, 2.45) is 0 Å². The molecule has 2 heterocycles. The number of hydrogen-bond acceptors (Lipinski definition) is 5. The number of amides is 2. The van der Waals surface area contributed by atoms with Crippen molar-refractivity contribution < 1.29 is 14.0 Å². The fraction of sp³-hybridized carbons (Fsp3) is 0.538. The maximum Gasteiger partial charge on any atom is 0.224 e. The molecule has 7 nitrogen and oxygen atoms in total. The van der Waals surface area contributed by atoms with Gasteiger partial charge in [-0.05, 0) is 0 Å². The number of piperazine rings is 1. The molecule has 114 valence electrons. The van der Waals surface area contributed by atoms with Crippen LogP contribution in [0.15, 0.2) is 12.4 Å². The van der Waals surface area contributed by atoms with Gasteiger partial charge in [-0.15, -0.1) is 0 Å². The van der Waals surface area contributed by atoms with Crippen LogP contribution in [0.4, 0.5) is 10.3 Å². The Kier molecular flexibility index (Phi) is 5.02. The zero-order valence-corrected chi connectivity index (χ0v) is 11.9. The predicted molar refractivity (Wildman–Crippen MR) is 73.9 cm³/mol. The molecule has 0 aliphatic carbocycles. The summed E-state index contributed by atoms with van der Waals surface area (Å²) in [5, 5.41) is 2.87. The number of carbonyl (C=O) groups excluding carboxylic acids is 2. The lowest BCUT2D eigenvalue weighted by atomic mass is 10.2.